The quantitative estimate of drug-likeness (QED) is 0.351. The number of nitrogens with one attached hydrogen (secondary N) is 2. The summed E-state index contributed by atoms with van der Waals surface area (Å²) in [7, 11) is 0. The van der Waals surface area contributed by atoms with Crippen molar-refractivity contribution < 1.29 is 0 Å². The lowest BCUT2D eigenvalue weighted by Crippen LogP contribution is -2.23. The zero-order valence-electron chi connectivity index (χ0n) is 12.1. The number of nitrogens with two attached hydrogens (primary N) is 1. The summed E-state index contributed by atoms with van der Waals surface area (Å²) >= 11 is 0. The molecule has 114 valence electrons. The van der Waals surface area contributed by atoms with E-state index in [2.05, 4.69) is 33.5 Å². The summed E-state index contributed by atoms with van der Waals surface area (Å²) in [6.45, 7) is 0.651. The molecule has 0 fully saturated rings. The molecule has 3 aromatic rings. The second-order valence-electron chi connectivity index (χ2n) is 4.89. The molecule has 3 rings (SSSR count). The van der Waals surface area contributed by atoms with E-state index >= 15 is 0 Å². The fourth-order valence-corrected chi connectivity index (χ4v) is 2.27. The minimum absolute atomic E-state index is 0. The molecule has 22 heavy (non-hydrogen) atoms. The molecular weight excluding hydrogens is 387 g/mol. The van der Waals surface area contributed by atoms with Gasteiger partial charge in [-0.25, -0.2) is 0 Å². The summed E-state index contributed by atoms with van der Waals surface area (Å²) in [4.78, 5) is 7.74. The van der Waals surface area contributed by atoms with Gasteiger partial charge in [-0.15, -0.1) is 24.0 Å². The molecule has 0 amide bonds. The fraction of sp³-hybridized carbons (Fsp3) is 0.118. The van der Waals surface area contributed by atoms with Crippen molar-refractivity contribution in [2.24, 2.45) is 10.7 Å². The zero-order valence-corrected chi connectivity index (χ0v) is 14.5. The summed E-state index contributed by atoms with van der Waals surface area (Å²) in [6.07, 6.45) is 0.839. The van der Waals surface area contributed by atoms with Crippen LogP contribution < -0.4 is 11.1 Å². The average Bonchev–Trinajstić information content (AvgIpc) is 2.91. The highest BCUT2D eigenvalue weighted by Crippen LogP contribution is 2.14. The number of hydrogen-bond acceptors (Lipinski definition) is 1. The highest BCUT2D eigenvalue weighted by atomic mass is 127. The first kappa shape index (κ1) is 16.4. The van der Waals surface area contributed by atoms with Gasteiger partial charge in [-0.2, -0.15) is 0 Å². The number of rotatable bonds is 4. The number of H-pyrrole nitrogens is 1. The van der Waals surface area contributed by atoms with Gasteiger partial charge in [-0.3, -0.25) is 4.99 Å². The van der Waals surface area contributed by atoms with Gasteiger partial charge < -0.3 is 16.0 Å². The smallest absolute Gasteiger partial charge is 0.193 e. The molecule has 0 radical (unpaired) electrons. The van der Waals surface area contributed by atoms with Crippen LogP contribution in [-0.2, 0) is 6.42 Å². The Bertz CT molecular complexity index is 716. The van der Waals surface area contributed by atoms with Gasteiger partial charge in [0.2, 0.25) is 0 Å². The van der Waals surface area contributed by atoms with Crippen LogP contribution >= 0.6 is 24.0 Å². The third kappa shape index (κ3) is 4.24. The van der Waals surface area contributed by atoms with E-state index in [0.717, 1.165) is 17.6 Å². The van der Waals surface area contributed by atoms with Gasteiger partial charge in [0.25, 0.3) is 0 Å². The second-order valence-corrected chi connectivity index (χ2v) is 4.89. The van der Waals surface area contributed by atoms with Crippen LogP contribution in [0.5, 0.6) is 0 Å². The van der Waals surface area contributed by atoms with Crippen LogP contribution in [0.1, 0.15) is 5.69 Å². The summed E-state index contributed by atoms with van der Waals surface area (Å²) in [6, 6.07) is 20.2. The van der Waals surface area contributed by atoms with E-state index in [9.17, 15) is 0 Å². The summed E-state index contributed by atoms with van der Waals surface area (Å²) in [5.74, 6) is 0.442. The van der Waals surface area contributed by atoms with E-state index < -0.39 is 0 Å². The van der Waals surface area contributed by atoms with Crippen LogP contribution in [0.15, 0.2) is 65.7 Å². The number of guanidine groups is 1. The number of anilines is 1. The number of fused-ring (bicyclic) bond motifs is 1. The van der Waals surface area contributed by atoms with E-state index in [1.54, 1.807) is 0 Å². The molecule has 0 saturated heterocycles. The van der Waals surface area contributed by atoms with Crippen LogP contribution in [0.25, 0.3) is 10.9 Å². The molecule has 0 aliphatic rings. The predicted molar refractivity (Wildman–Crippen MR) is 104 cm³/mol. The van der Waals surface area contributed by atoms with Gasteiger partial charge in [0.05, 0.1) is 0 Å². The molecule has 0 aliphatic carbocycles. The molecule has 5 heteroatoms. The van der Waals surface area contributed by atoms with Crippen LogP contribution in [0, 0.1) is 0 Å². The van der Waals surface area contributed by atoms with E-state index in [0.29, 0.717) is 12.5 Å². The number of para-hydroxylation sites is 2. The summed E-state index contributed by atoms with van der Waals surface area (Å²) in [5, 5.41) is 4.30. The first-order valence-corrected chi connectivity index (χ1v) is 7.00. The summed E-state index contributed by atoms with van der Waals surface area (Å²) < 4.78 is 0. The Balaban J connectivity index is 0.00000176. The standard InChI is InChI=1S/C17H18N4.HI/c18-17(21-14-7-2-1-3-8-14)19-11-10-15-12-13-6-4-5-9-16(13)20-15;/h1-9,12,20H,10-11H2,(H3,18,19,21);1H. The molecule has 2 aromatic carbocycles. The lowest BCUT2D eigenvalue weighted by Gasteiger charge is -2.04. The van der Waals surface area contributed by atoms with Crippen LogP contribution in [0.2, 0.25) is 0 Å². The maximum absolute atomic E-state index is 5.87. The molecular formula is C17H19IN4. The minimum Gasteiger partial charge on any atom is -0.370 e. The molecule has 1 aromatic heterocycles. The lowest BCUT2D eigenvalue weighted by atomic mass is 10.2. The van der Waals surface area contributed by atoms with Gasteiger partial charge in [0, 0.05) is 29.9 Å². The van der Waals surface area contributed by atoms with E-state index in [1.165, 1.54) is 11.1 Å². The first-order chi connectivity index (χ1) is 10.3. The molecule has 0 spiro atoms. The van der Waals surface area contributed by atoms with Crippen molar-refractivity contribution in [2.45, 2.75) is 6.42 Å². The lowest BCUT2D eigenvalue weighted by molar-refractivity contribution is 0.937. The van der Waals surface area contributed by atoms with E-state index in [1.807, 2.05) is 42.5 Å². The van der Waals surface area contributed by atoms with Crippen molar-refractivity contribution in [3.8, 4) is 0 Å². The fourth-order valence-electron chi connectivity index (χ4n) is 2.27. The number of hydrogen-bond donors (Lipinski definition) is 3. The Hall–Kier alpha value is -2.02. The van der Waals surface area contributed by atoms with E-state index in [-0.39, 0.29) is 24.0 Å². The Morgan fingerprint density at radius 3 is 2.55 bits per heavy atom. The monoisotopic (exact) mass is 406 g/mol. The molecule has 1 heterocycles. The number of benzene rings is 2. The van der Waals surface area contributed by atoms with Crippen molar-refractivity contribution in [1.29, 1.82) is 0 Å². The van der Waals surface area contributed by atoms with Crippen LogP contribution in [0.4, 0.5) is 5.69 Å². The molecule has 0 saturated carbocycles. The normalized spacial score (nSPS) is 11.2. The second kappa shape index (κ2) is 7.84. The van der Waals surface area contributed by atoms with Crippen molar-refractivity contribution in [1.82, 2.24) is 4.98 Å². The van der Waals surface area contributed by atoms with Crippen molar-refractivity contribution in [2.75, 3.05) is 11.9 Å². The van der Waals surface area contributed by atoms with Gasteiger partial charge in [0.1, 0.15) is 0 Å². The van der Waals surface area contributed by atoms with Crippen LogP contribution in [0.3, 0.4) is 0 Å². The largest absolute Gasteiger partial charge is 0.370 e. The number of aromatic nitrogens is 1. The van der Waals surface area contributed by atoms with Gasteiger partial charge in [-0.05, 0) is 29.7 Å². The molecule has 0 atom stereocenters. The Labute approximate surface area is 146 Å². The van der Waals surface area contributed by atoms with Gasteiger partial charge >= 0.3 is 0 Å². The number of nitrogens with zero attached hydrogens (tertiary/aromatic N) is 1. The first-order valence-electron chi connectivity index (χ1n) is 7.00. The van der Waals surface area contributed by atoms with Crippen molar-refractivity contribution in [3.05, 3.63) is 66.4 Å². The highest BCUT2D eigenvalue weighted by molar-refractivity contribution is 14.0. The molecule has 4 N–H and O–H groups in total. The average molecular weight is 406 g/mol. The number of halogens is 1. The third-order valence-electron chi connectivity index (χ3n) is 3.30. The maximum atomic E-state index is 5.87. The molecule has 0 aliphatic heterocycles. The van der Waals surface area contributed by atoms with Crippen molar-refractivity contribution >= 4 is 46.5 Å². The Morgan fingerprint density at radius 2 is 1.77 bits per heavy atom. The van der Waals surface area contributed by atoms with Crippen molar-refractivity contribution in [3.63, 3.8) is 0 Å². The molecule has 0 bridgehead atoms. The summed E-state index contributed by atoms with van der Waals surface area (Å²) in [5.41, 5.74) is 9.15. The maximum Gasteiger partial charge on any atom is 0.193 e. The molecule has 0 unspecified atom stereocenters. The Morgan fingerprint density at radius 1 is 1.05 bits per heavy atom. The SMILES string of the molecule is I.NC(=NCCc1cc2ccccc2[nH]1)Nc1ccccc1. The highest BCUT2D eigenvalue weighted by Gasteiger charge is 1.99. The van der Waals surface area contributed by atoms with Crippen LogP contribution in [-0.4, -0.2) is 17.5 Å². The number of aromatic amines is 1. The number of aliphatic imine (C=N–C) groups is 1. The third-order valence-corrected chi connectivity index (χ3v) is 3.30. The van der Waals surface area contributed by atoms with Gasteiger partial charge in [0.15, 0.2) is 5.96 Å². The Kier molecular flexibility index (Phi) is 5.83. The van der Waals surface area contributed by atoms with E-state index in [4.69, 9.17) is 5.73 Å². The topological polar surface area (TPSA) is 66.2 Å². The minimum atomic E-state index is 0. The molecule has 4 nitrogen and oxygen atoms in total. The van der Waals surface area contributed by atoms with Gasteiger partial charge in [-0.1, -0.05) is 36.4 Å². The predicted octanol–water partition coefficient (Wildman–Crippen LogP) is 3.76. The zero-order chi connectivity index (χ0) is 14.5.